The van der Waals surface area contributed by atoms with Gasteiger partial charge in [0, 0.05) is 5.69 Å². The molecular formula is C9H16N2. The maximum absolute atomic E-state index is 3.98. The van der Waals surface area contributed by atoms with Gasteiger partial charge in [0.1, 0.15) is 0 Å². The van der Waals surface area contributed by atoms with Crippen molar-refractivity contribution in [1.29, 1.82) is 0 Å². The molecule has 1 aliphatic carbocycles. The summed E-state index contributed by atoms with van der Waals surface area (Å²) in [4.78, 5) is 0. The Hall–Kier alpha value is -0.790. The average Bonchev–Trinajstić information content (AvgIpc) is 2.55. The topological polar surface area (TPSA) is 28.7 Å². The molecule has 2 nitrogen and oxygen atoms in total. The lowest BCUT2D eigenvalue weighted by Crippen LogP contribution is -1.99. The Bertz CT molecular complexity index is 183. The molecule has 0 amide bonds. The lowest BCUT2D eigenvalue weighted by molar-refractivity contribution is 0.675. The van der Waals surface area contributed by atoms with E-state index in [1.807, 2.05) is 20.0 Å². The molecule has 0 aliphatic heterocycles. The lowest BCUT2D eigenvalue weighted by atomic mass is 9.99. The first kappa shape index (κ1) is 8.31. The quantitative estimate of drug-likeness (QED) is 0.607. The summed E-state index contributed by atoms with van der Waals surface area (Å²) in [5.74, 6) is 0. The molecule has 62 valence electrons. The summed E-state index contributed by atoms with van der Waals surface area (Å²) in [7, 11) is 0. The Balaban J connectivity index is 0.000000281. The van der Waals surface area contributed by atoms with Gasteiger partial charge in [-0.3, -0.25) is 5.10 Å². The number of aromatic nitrogens is 2. The Morgan fingerprint density at radius 1 is 1.27 bits per heavy atom. The van der Waals surface area contributed by atoms with Gasteiger partial charge >= 0.3 is 0 Å². The van der Waals surface area contributed by atoms with E-state index in [1.54, 1.807) is 0 Å². The third-order valence-electron chi connectivity index (χ3n) is 1.93. The monoisotopic (exact) mass is 152 g/mol. The van der Waals surface area contributed by atoms with Crippen molar-refractivity contribution in [2.75, 3.05) is 0 Å². The van der Waals surface area contributed by atoms with Gasteiger partial charge in [-0.25, -0.2) is 0 Å². The van der Waals surface area contributed by atoms with Gasteiger partial charge in [0.15, 0.2) is 0 Å². The largest absolute Gasteiger partial charge is 0.282 e. The van der Waals surface area contributed by atoms with Crippen LogP contribution in [0.1, 0.15) is 37.9 Å². The SMILES string of the molecule is CC.c1n[nH]c2c1CCCC2. The fourth-order valence-corrected chi connectivity index (χ4v) is 1.39. The molecule has 0 bridgehead atoms. The average molecular weight is 152 g/mol. The molecule has 1 aromatic heterocycles. The van der Waals surface area contributed by atoms with Crippen molar-refractivity contribution < 1.29 is 0 Å². The minimum Gasteiger partial charge on any atom is -0.282 e. The van der Waals surface area contributed by atoms with Crippen molar-refractivity contribution in [3.05, 3.63) is 17.5 Å². The van der Waals surface area contributed by atoms with Gasteiger partial charge in [0.25, 0.3) is 0 Å². The summed E-state index contributed by atoms with van der Waals surface area (Å²) in [6, 6.07) is 0. The van der Waals surface area contributed by atoms with Crippen LogP contribution in [0, 0.1) is 0 Å². The number of fused-ring (bicyclic) bond motifs is 1. The molecule has 1 aliphatic rings. The summed E-state index contributed by atoms with van der Waals surface area (Å²) in [5.41, 5.74) is 2.79. The minimum absolute atomic E-state index is 1.20. The zero-order valence-electron chi connectivity index (χ0n) is 7.35. The number of nitrogens with zero attached hydrogens (tertiary/aromatic N) is 1. The van der Waals surface area contributed by atoms with Crippen LogP contribution in [0.4, 0.5) is 0 Å². The van der Waals surface area contributed by atoms with E-state index in [0.29, 0.717) is 0 Å². The van der Waals surface area contributed by atoms with Crippen molar-refractivity contribution >= 4 is 0 Å². The second-order valence-corrected chi connectivity index (χ2v) is 2.58. The number of hydrogen-bond donors (Lipinski definition) is 1. The molecule has 0 radical (unpaired) electrons. The summed E-state index contributed by atoms with van der Waals surface area (Å²) in [5, 5.41) is 6.99. The Kier molecular flexibility index (Phi) is 3.14. The summed E-state index contributed by atoms with van der Waals surface area (Å²) in [6.45, 7) is 4.00. The number of rotatable bonds is 0. The van der Waals surface area contributed by atoms with Crippen molar-refractivity contribution in [1.82, 2.24) is 10.2 Å². The van der Waals surface area contributed by atoms with Crippen LogP contribution in [0.2, 0.25) is 0 Å². The molecule has 11 heavy (non-hydrogen) atoms. The molecule has 0 atom stereocenters. The molecule has 0 saturated heterocycles. The molecular weight excluding hydrogens is 136 g/mol. The number of aromatic amines is 1. The molecule has 0 spiro atoms. The highest BCUT2D eigenvalue weighted by Crippen LogP contribution is 2.17. The highest BCUT2D eigenvalue weighted by molar-refractivity contribution is 5.18. The van der Waals surface area contributed by atoms with Crippen molar-refractivity contribution in [2.24, 2.45) is 0 Å². The van der Waals surface area contributed by atoms with Gasteiger partial charge in [-0.05, 0) is 31.2 Å². The van der Waals surface area contributed by atoms with Crippen LogP contribution in [-0.4, -0.2) is 10.2 Å². The molecule has 0 unspecified atom stereocenters. The normalized spacial score (nSPS) is 14.7. The second-order valence-electron chi connectivity index (χ2n) is 2.58. The predicted octanol–water partition coefficient (Wildman–Crippen LogP) is 2.31. The van der Waals surface area contributed by atoms with Gasteiger partial charge in [0.2, 0.25) is 0 Å². The molecule has 0 fully saturated rings. The standard InChI is InChI=1S/C7H10N2.C2H6/c1-2-4-7-6(3-1)5-8-9-7;1-2/h5H,1-4H2,(H,8,9);1-2H3. The second kappa shape index (κ2) is 4.16. The third kappa shape index (κ3) is 1.82. The maximum atomic E-state index is 3.98. The molecule has 1 aromatic rings. The van der Waals surface area contributed by atoms with Crippen molar-refractivity contribution in [2.45, 2.75) is 39.5 Å². The summed E-state index contributed by atoms with van der Waals surface area (Å²) >= 11 is 0. The molecule has 2 heteroatoms. The van der Waals surface area contributed by atoms with Crippen LogP contribution >= 0.6 is 0 Å². The van der Waals surface area contributed by atoms with Crippen molar-refractivity contribution in [3.63, 3.8) is 0 Å². The smallest absolute Gasteiger partial charge is 0.0522 e. The summed E-state index contributed by atoms with van der Waals surface area (Å²) in [6.07, 6.45) is 7.05. The molecule has 1 heterocycles. The molecule has 2 rings (SSSR count). The van der Waals surface area contributed by atoms with Crippen LogP contribution in [0.25, 0.3) is 0 Å². The van der Waals surface area contributed by atoms with Crippen LogP contribution < -0.4 is 0 Å². The van der Waals surface area contributed by atoms with Crippen molar-refractivity contribution in [3.8, 4) is 0 Å². The van der Waals surface area contributed by atoms with E-state index in [0.717, 1.165) is 0 Å². The first-order valence-corrected chi connectivity index (χ1v) is 4.48. The zero-order chi connectivity index (χ0) is 8.10. The molecule has 0 aromatic carbocycles. The Labute approximate surface area is 68.0 Å². The van der Waals surface area contributed by atoms with E-state index >= 15 is 0 Å². The van der Waals surface area contributed by atoms with Gasteiger partial charge < -0.3 is 0 Å². The van der Waals surface area contributed by atoms with Gasteiger partial charge in [0.05, 0.1) is 6.20 Å². The zero-order valence-corrected chi connectivity index (χ0v) is 7.35. The number of hydrogen-bond acceptors (Lipinski definition) is 1. The lowest BCUT2D eigenvalue weighted by Gasteiger charge is -2.07. The van der Waals surface area contributed by atoms with Crippen LogP contribution in [0.3, 0.4) is 0 Å². The van der Waals surface area contributed by atoms with Gasteiger partial charge in [-0.15, -0.1) is 0 Å². The molecule has 1 N–H and O–H groups in total. The highest BCUT2D eigenvalue weighted by atomic mass is 15.1. The van der Waals surface area contributed by atoms with E-state index < -0.39 is 0 Å². The third-order valence-corrected chi connectivity index (χ3v) is 1.93. The van der Waals surface area contributed by atoms with Crippen LogP contribution in [0.15, 0.2) is 6.20 Å². The van der Waals surface area contributed by atoms with Crippen LogP contribution in [0.5, 0.6) is 0 Å². The van der Waals surface area contributed by atoms with E-state index in [4.69, 9.17) is 0 Å². The Morgan fingerprint density at radius 3 is 2.73 bits per heavy atom. The fourth-order valence-electron chi connectivity index (χ4n) is 1.39. The van der Waals surface area contributed by atoms with Gasteiger partial charge in [-0.2, -0.15) is 5.10 Å². The predicted molar refractivity (Wildman–Crippen MR) is 46.6 cm³/mol. The number of H-pyrrole nitrogens is 1. The van der Waals surface area contributed by atoms with E-state index in [1.165, 1.54) is 36.9 Å². The maximum Gasteiger partial charge on any atom is 0.0522 e. The fraction of sp³-hybridized carbons (Fsp3) is 0.667. The highest BCUT2D eigenvalue weighted by Gasteiger charge is 2.08. The number of aryl methyl sites for hydroxylation is 2. The van der Waals surface area contributed by atoms with Crippen LogP contribution in [-0.2, 0) is 12.8 Å². The number of nitrogens with one attached hydrogen (secondary N) is 1. The molecule has 0 saturated carbocycles. The minimum atomic E-state index is 1.20. The first-order valence-electron chi connectivity index (χ1n) is 4.48. The van der Waals surface area contributed by atoms with E-state index in [9.17, 15) is 0 Å². The summed E-state index contributed by atoms with van der Waals surface area (Å²) < 4.78 is 0. The Morgan fingerprint density at radius 2 is 2.00 bits per heavy atom. The van der Waals surface area contributed by atoms with E-state index in [-0.39, 0.29) is 0 Å². The van der Waals surface area contributed by atoms with Gasteiger partial charge in [-0.1, -0.05) is 13.8 Å². The first-order chi connectivity index (χ1) is 5.47. The van der Waals surface area contributed by atoms with E-state index in [2.05, 4.69) is 10.2 Å².